The molecule has 0 aromatic heterocycles. The number of nitrogens with zero attached hydrogens (tertiary/aromatic N) is 2. The fourth-order valence-corrected chi connectivity index (χ4v) is 10.4. The molecule has 0 heterocycles. The Morgan fingerprint density at radius 2 is 1.67 bits per heavy atom. The first kappa shape index (κ1) is 26.7. The number of unbranched alkanes of at least 4 members (excludes halogenated alkanes) is 3. The molecule has 0 aliphatic carbocycles. The molecule has 1 unspecified atom stereocenters. The minimum absolute atomic E-state index is 0.0447. The van der Waals surface area contributed by atoms with E-state index >= 15 is 0 Å². The summed E-state index contributed by atoms with van der Waals surface area (Å²) >= 11 is 1.09. The van der Waals surface area contributed by atoms with Crippen molar-refractivity contribution in [3.63, 3.8) is 0 Å². The van der Waals surface area contributed by atoms with Gasteiger partial charge in [-0.15, -0.1) is 4.08 Å². The predicted octanol–water partition coefficient (Wildman–Crippen LogP) is 5.28. The Hall–Kier alpha value is -0.300. The lowest BCUT2D eigenvalue weighted by Crippen LogP contribution is -2.34. The number of hydrogen-bond donors (Lipinski definition) is 0. The summed E-state index contributed by atoms with van der Waals surface area (Å²) in [7, 11) is -0.883. The molecule has 0 N–H and O–H groups in total. The third-order valence-electron chi connectivity index (χ3n) is 4.19. The van der Waals surface area contributed by atoms with Crippen molar-refractivity contribution in [3.8, 4) is 0 Å². The quantitative estimate of drug-likeness (QED) is 0.197. The van der Waals surface area contributed by atoms with Crippen molar-refractivity contribution in [1.29, 1.82) is 0 Å². The summed E-state index contributed by atoms with van der Waals surface area (Å²) < 4.78 is 41.2. The van der Waals surface area contributed by atoms with E-state index in [-0.39, 0.29) is 18.1 Å². The summed E-state index contributed by atoms with van der Waals surface area (Å²) in [5, 5.41) is 0. The smallest absolute Gasteiger partial charge is 0.275 e. The van der Waals surface area contributed by atoms with Crippen LogP contribution in [0.5, 0.6) is 0 Å². The van der Waals surface area contributed by atoms with Crippen LogP contribution in [0.3, 0.4) is 0 Å². The molecule has 0 aliphatic heterocycles. The molecule has 160 valence electrons. The highest BCUT2D eigenvalue weighted by molar-refractivity contribution is 8.57. The molecule has 0 bridgehead atoms. The molecule has 0 aromatic rings. The number of carbonyl (C=O) groups is 1. The van der Waals surface area contributed by atoms with E-state index in [0.717, 1.165) is 47.6 Å². The van der Waals surface area contributed by atoms with Crippen LogP contribution in [0.1, 0.15) is 72.1 Å². The average molecular weight is 441 g/mol. The van der Waals surface area contributed by atoms with Gasteiger partial charge in [0.2, 0.25) is 15.9 Å². The Bertz CT molecular complexity index is 608. The van der Waals surface area contributed by atoms with Crippen molar-refractivity contribution in [3.05, 3.63) is 12.2 Å². The molecule has 0 saturated carbocycles. The lowest BCUT2D eigenvalue weighted by Gasteiger charge is -2.33. The van der Waals surface area contributed by atoms with Crippen LogP contribution < -0.4 is 0 Å². The van der Waals surface area contributed by atoms with E-state index in [1.54, 1.807) is 0 Å². The van der Waals surface area contributed by atoms with E-state index in [2.05, 4.69) is 0 Å². The molecule has 6 nitrogen and oxygen atoms in total. The number of hydrogen-bond acceptors (Lipinski definition) is 5. The summed E-state index contributed by atoms with van der Waals surface area (Å²) in [4.78, 5) is 12.6. The predicted molar refractivity (Wildman–Crippen MR) is 117 cm³/mol. The summed E-state index contributed by atoms with van der Waals surface area (Å²) in [6, 6.07) is 0. The Kier molecular flexibility index (Phi) is 13.7. The van der Waals surface area contributed by atoms with Gasteiger partial charge < -0.3 is 0 Å². The molecule has 0 rings (SSSR count). The molecule has 0 radical (unpaired) electrons. The van der Waals surface area contributed by atoms with Crippen LogP contribution in [0.15, 0.2) is 12.2 Å². The van der Waals surface area contributed by atoms with Crippen LogP contribution in [-0.4, -0.2) is 48.7 Å². The van der Waals surface area contributed by atoms with Gasteiger partial charge >= 0.3 is 6.65 Å². The Morgan fingerprint density at radius 3 is 2.22 bits per heavy atom. The van der Waals surface area contributed by atoms with Gasteiger partial charge in [-0.05, 0) is 25.7 Å². The van der Waals surface area contributed by atoms with E-state index in [4.69, 9.17) is 0 Å². The molecule has 27 heavy (non-hydrogen) atoms. The van der Waals surface area contributed by atoms with Crippen molar-refractivity contribution < 1.29 is 17.8 Å². The maximum Gasteiger partial charge on any atom is 0.310 e. The zero-order valence-corrected chi connectivity index (χ0v) is 20.0. The van der Waals surface area contributed by atoms with Crippen LogP contribution >= 0.6 is 18.0 Å². The zero-order valence-electron chi connectivity index (χ0n) is 17.5. The van der Waals surface area contributed by atoms with Crippen molar-refractivity contribution in [1.82, 2.24) is 8.75 Å². The standard InChI is InChI=1S/C18H37N2O4PS2/c1-6-9-12-13-15-18(21)19(4)25(22,26-16-11-8-3)20(5)27(23,24)17-14-10-7-2/h9,12H,6-8,10-11,13-17H2,1-5H3. The van der Waals surface area contributed by atoms with E-state index in [9.17, 15) is 17.8 Å². The molecule has 9 heteroatoms. The normalized spacial score (nSPS) is 14.6. The van der Waals surface area contributed by atoms with Crippen LogP contribution in [-0.2, 0) is 19.4 Å². The zero-order chi connectivity index (χ0) is 20.9. The minimum Gasteiger partial charge on any atom is -0.275 e. The lowest BCUT2D eigenvalue weighted by molar-refractivity contribution is -0.125. The fraction of sp³-hybridized carbons (Fsp3) is 0.833. The van der Waals surface area contributed by atoms with Crippen LogP contribution in [0.4, 0.5) is 0 Å². The number of allylic oxidation sites excluding steroid dienone is 2. The topological polar surface area (TPSA) is 74.8 Å². The first-order valence-electron chi connectivity index (χ1n) is 9.81. The Morgan fingerprint density at radius 1 is 1.04 bits per heavy atom. The number of carbonyl (C=O) groups excluding carboxylic acids is 1. The van der Waals surface area contributed by atoms with Crippen molar-refractivity contribution in [2.75, 3.05) is 25.6 Å². The van der Waals surface area contributed by atoms with Crippen LogP contribution in [0.25, 0.3) is 0 Å². The second kappa shape index (κ2) is 13.8. The average Bonchev–Trinajstić information content (AvgIpc) is 2.63. The van der Waals surface area contributed by atoms with Crippen molar-refractivity contribution in [2.45, 2.75) is 72.1 Å². The second-order valence-electron chi connectivity index (χ2n) is 6.47. The molecule has 0 aromatic carbocycles. The maximum absolute atomic E-state index is 13.7. The molecule has 0 fully saturated rings. The Labute approximate surface area is 170 Å². The van der Waals surface area contributed by atoms with Crippen molar-refractivity contribution in [2.24, 2.45) is 0 Å². The summed E-state index contributed by atoms with van der Waals surface area (Å²) in [5.41, 5.74) is 0. The van der Waals surface area contributed by atoms with Crippen LogP contribution in [0.2, 0.25) is 0 Å². The number of amides is 1. The molecular weight excluding hydrogens is 403 g/mol. The number of rotatable bonds is 15. The molecular formula is C18H37N2O4PS2. The van der Waals surface area contributed by atoms with E-state index < -0.39 is 16.7 Å². The maximum atomic E-state index is 13.7. The third-order valence-corrected chi connectivity index (χ3v) is 13.0. The Balaban J connectivity index is 5.40. The van der Waals surface area contributed by atoms with Gasteiger partial charge in [0, 0.05) is 26.3 Å². The van der Waals surface area contributed by atoms with Gasteiger partial charge in [0.25, 0.3) is 0 Å². The van der Waals surface area contributed by atoms with E-state index in [1.807, 2.05) is 32.9 Å². The first-order valence-corrected chi connectivity index (χ1v) is 14.6. The molecule has 0 saturated heterocycles. The lowest BCUT2D eigenvalue weighted by atomic mass is 10.2. The molecule has 1 amide bonds. The molecule has 0 aliphatic rings. The molecule has 0 spiro atoms. The van der Waals surface area contributed by atoms with Crippen LogP contribution in [0, 0.1) is 0 Å². The van der Waals surface area contributed by atoms with Gasteiger partial charge in [-0.2, -0.15) is 0 Å². The van der Waals surface area contributed by atoms with Gasteiger partial charge in [0.15, 0.2) is 0 Å². The minimum atomic E-state index is -3.69. The van der Waals surface area contributed by atoms with E-state index in [0.29, 0.717) is 18.6 Å². The SMILES string of the molecule is CCC=CCCC(=O)N(C)P(=O)(SCCCC)N(C)S(=O)(=O)CCCCC. The molecule has 1 atom stereocenters. The van der Waals surface area contributed by atoms with Gasteiger partial charge in [0.1, 0.15) is 0 Å². The largest absolute Gasteiger partial charge is 0.310 e. The highest BCUT2D eigenvalue weighted by atomic mass is 32.7. The second-order valence-corrected chi connectivity index (χ2v) is 13.9. The van der Waals surface area contributed by atoms with Gasteiger partial charge in [-0.25, -0.2) is 8.42 Å². The van der Waals surface area contributed by atoms with Gasteiger partial charge in [-0.1, -0.05) is 63.6 Å². The van der Waals surface area contributed by atoms with Gasteiger partial charge in [-0.3, -0.25) is 14.0 Å². The fourth-order valence-electron chi connectivity index (χ4n) is 2.30. The first-order chi connectivity index (χ1) is 12.7. The highest BCUT2D eigenvalue weighted by Crippen LogP contribution is 2.64. The van der Waals surface area contributed by atoms with Gasteiger partial charge in [0.05, 0.1) is 5.75 Å². The number of sulfonamides is 1. The summed E-state index contributed by atoms with van der Waals surface area (Å²) in [6.07, 6.45) is 9.55. The van der Waals surface area contributed by atoms with E-state index in [1.165, 1.54) is 18.8 Å². The monoisotopic (exact) mass is 440 g/mol. The highest BCUT2D eigenvalue weighted by Gasteiger charge is 2.42. The third kappa shape index (κ3) is 9.16. The summed E-state index contributed by atoms with van der Waals surface area (Å²) in [5.74, 6) is 0.214. The summed E-state index contributed by atoms with van der Waals surface area (Å²) in [6.45, 7) is 2.44. The van der Waals surface area contributed by atoms with Crippen molar-refractivity contribution >= 4 is 34.0 Å².